The number of hydrogen-bond acceptors (Lipinski definition) is 1. The minimum absolute atomic E-state index is 0.574. The maximum Gasteiger partial charge on any atom is 0.0526 e. The lowest BCUT2D eigenvalue weighted by atomic mass is 10.2. The zero-order valence-electron chi connectivity index (χ0n) is 9.45. The van der Waals surface area contributed by atoms with E-state index < -0.39 is 10.8 Å². The molecule has 0 saturated carbocycles. The van der Waals surface area contributed by atoms with Gasteiger partial charge in [-0.05, 0) is 17.2 Å². The summed E-state index contributed by atoms with van der Waals surface area (Å²) in [6, 6.07) is 19.8. The Kier molecular flexibility index (Phi) is 4.28. The molecular formula is C15H14OS. The molecule has 0 heterocycles. The molecule has 2 aromatic carbocycles. The van der Waals surface area contributed by atoms with Crippen molar-refractivity contribution in [1.82, 2.24) is 0 Å². The predicted octanol–water partition coefficient (Wildman–Crippen LogP) is 3.61. The molecule has 2 aromatic rings. The van der Waals surface area contributed by atoms with Gasteiger partial charge >= 0.3 is 0 Å². The van der Waals surface area contributed by atoms with Gasteiger partial charge in [-0.1, -0.05) is 60.7 Å². The van der Waals surface area contributed by atoms with E-state index in [0.717, 1.165) is 11.1 Å². The minimum Gasteiger partial charge on any atom is -0.255 e. The van der Waals surface area contributed by atoms with Gasteiger partial charge in [-0.25, -0.2) is 0 Å². The molecule has 0 aliphatic rings. The molecule has 0 aliphatic heterocycles. The number of hydrogen-bond donors (Lipinski definition) is 0. The number of benzene rings is 2. The molecule has 0 aromatic heterocycles. The second-order valence-corrected chi connectivity index (χ2v) is 5.05. The molecular weight excluding hydrogens is 228 g/mol. The Morgan fingerprint density at radius 2 is 1.47 bits per heavy atom. The highest BCUT2D eigenvalue weighted by Crippen LogP contribution is 2.06. The normalized spacial score (nSPS) is 12.7. The molecule has 2 rings (SSSR count). The Morgan fingerprint density at radius 1 is 0.882 bits per heavy atom. The summed E-state index contributed by atoms with van der Waals surface area (Å²) in [6.45, 7) is 0. The molecule has 0 amide bonds. The van der Waals surface area contributed by atoms with Crippen molar-refractivity contribution >= 4 is 16.9 Å². The maximum absolute atomic E-state index is 11.8. The topological polar surface area (TPSA) is 17.1 Å². The van der Waals surface area contributed by atoms with Crippen molar-refractivity contribution in [2.45, 2.75) is 5.75 Å². The molecule has 86 valence electrons. The lowest BCUT2D eigenvalue weighted by Crippen LogP contribution is -1.90. The Balaban J connectivity index is 1.96. The fraction of sp³-hybridized carbons (Fsp3) is 0.0667. The first-order valence-corrected chi connectivity index (χ1v) is 6.87. The highest BCUT2D eigenvalue weighted by molar-refractivity contribution is 7.87. The first-order chi connectivity index (χ1) is 8.34. The summed E-state index contributed by atoms with van der Waals surface area (Å²) in [5.41, 5.74) is 2.18. The van der Waals surface area contributed by atoms with E-state index in [9.17, 15) is 4.21 Å². The SMILES string of the molecule is O=S(/C=C\c1ccccc1)Cc1ccccc1. The minimum atomic E-state index is -0.952. The summed E-state index contributed by atoms with van der Waals surface area (Å²) >= 11 is 0. The second-order valence-electron chi connectivity index (χ2n) is 3.72. The zero-order chi connectivity index (χ0) is 11.9. The van der Waals surface area contributed by atoms with Crippen LogP contribution >= 0.6 is 0 Å². The zero-order valence-corrected chi connectivity index (χ0v) is 10.3. The Hall–Kier alpha value is -1.67. The van der Waals surface area contributed by atoms with Crippen LogP contribution in [0.4, 0.5) is 0 Å². The smallest absolute Gasteiger partial charge is 0.0526 e. The van der Waals surface area contributed by atoms with Crippen molar-refractivity contribution < 1.29 is 4.21 Å². The van der Waals surface area contributed by atoms with Gasteiger partial charge in [0.1, 0.15) is 0 Å². The first-order valence-electron chi connectivity index (χ1n) is 5.49. The van der Waals surface area contributed by atoms with Crippen LogP contribution < -0.4 is 0 Å². The first kappa shape index (κ1) is 11.8. The van der Waals surface area contributed by atoms with Gasteiger partial charge < -0.3 is 0 Å². The molecule has 0 saturated heterocycles. The van der Waals surface area contributed by atoms with Crippen LogP contribution in [0.3, 0.4) is 0 Å². The Bertz CT molecular complexity index is 503. The maximum atomic E-state index is 11.8. The lowest BCUT2D eigenvalue weighted by molar-refractivity contribution is 0.688. The summed E-state index contributed by atoms with van der Waals surface area (Å²) in [5, 5.41) is 1.75. The molecule has 0 N–H and O–H groups in total. The van der Waals surface area contributed by atoms with Gasteiger partial charge in [0.2, 0.25) is 0 Å². The van der Waals surface area contributed by atoms with Crippen LogP contribution in [0.15, 0.2) is 66.1 Å². The van der Waals surface area contributed by atoms with Crippen LogP contribution in [-0.4, -0.2) is 4.21 Å². The van der Waals surface area contributed by atoms with E-state index in [0.29, 0.717) is 5.75 Å². The summed E-state index contributed by atoms with van der Waals surface area (Å²) in [4.78, 5) is 0. The lowest BCUT2D eigenvalue weighted by Gasteiger charge is -1.97. The van der Waals surface area contributed by atoms with Crippen LogP contribution in [0.2, 0.25) is 0 Å². The monoisotopic (exact) mass is 242 g/mol. The van der Waals surface area contributed by atoms with Crippen molar-refractivity contribution in [2.75, 3.05) is 0 Å². The molecule has 17 heavy (non-hydrogen) atoms. The van der Waals surface area contributed by atoms with E-state index in [4.69, 9.17) is 0 Å². The third-order valence-corrected chi connectivity index (χ3v) is 3.42. The van der Waals surface area contributed by atoms with Crippen LogP contribution in [0.25, 0.3) is 6.08 Å². The number of rotatable bonds is 4. The van der Waals surface area contributed by atoms with Gasteiger partial charge in [-0.2, -0.15) is 0 Å². The van der Waals surface area contributed by atoms with Crippen molar-refractivity contribution in [3.8, 4) is 0 Å². The van der Waals surface area contributed by atoms with Gasteiger partial charge in [0.15, 0.2) is 0 Å². The van der Waals surface area contributed by atoms with Crippen molar-refractivity contribution in [3.63, 3.8) is 0 Å². The Labute approximate surface area is 104 Å². The average molecular weight is 242 g/mol. The van der Waals surface area contributed by atoms with Crippen LogP contribution in [-0.2, 0) is 16.6 Å². The highest BCUT2D eigenvalue weighted by atomic mass is 32.2. The molecule has 0 fully saturated rings. The highest BCUT2D eigenvalue weighted by Gasteiger charge is 1.96. The van der Waals surface area contributed by atoms with Gasteiger partial charge in [-0.15, -0.1) is 0 Å². The summed E-state index contributed by atoms with van der Waals surface area (Å²) in [6.07, 6.45) is 1.90. The molecule has 2 heteroatoms. The molecule has 0 radical (unpaired) electrons. The average Bonchev–Trinajstić information content (AvgIpc) is 2.39. The van der Waals surface area contributed by atoms with Crippen LogP contribution in [0, 0.1) is 0 Å². The van der Waals surface area contributed by atoms with Crippen molar-refractivity contribution in [3.05, 3.63) is 77.2 Å². The van der Waals surface area contributed by atoms with Gasteiger partial charge in [0, 0.05) is 5.41 Å². The van der Waals surface area contributed by atoms with E-state index in [1.54, 1.807) is 5.41 Å². The van der Waals surface area contributed by atoms with Crippen LogP contribution in [0.5, 0.6) is 0 Å². The molecule has 0 bridgehead atoms. The van der Waals surface area contributed by atoms with Gasteiger partial charge in [0.05, 0.1) is 16.6 Å². The third kappa shape index (κ3) is 4.00. The van der Waals surface area contributed by atoms with E-state index in [-0.39, 0.29) is 0 Å². The quantitative estimate of drug-likeness (QED) is 0.800. The van der Waals surface area contributed by atoms with E-state index in [1.807, 2.05) is 66.7 Å². The fourth-order valence-corrected chi connectivity index (χ4v) is 2.43. The molecule has 0 aliphatic carbocycles. The summed E-state index contributed by atoms with van der Waals surface area (Å²) < 4.78 is 11.8. The van der Waals surface area contributed by atoms with Crippen LogP contribution in [0.1, 0.15) is 11.1 Å². The van der Waals surface area contributed by atoms with Gasteiger partial charge in [-0.3, -0.25) is 4.21 Å². The van der Waals surface area contributed by atoms with Crippen molar-refractivity contribution in [1.29, 1.82) is 0 Å². The van der Waals surface area contributed by atoms with Gasteiger partial charge in [0.25, 0.3) is 0 Å². The van der Waals surface area contributed by atoms with E-state index >= 15 is 0 Å². The largest absolute Gasteiger partial charge is 0.255 e. The molecule has 1 atom stereocenters. The standard InChI is InChI=1S/C15H14OS/c16-17(13-15-9-5-2-6-10-15)12-11-14-7-3-1-4-8-14/h1-12H,13H2/b12-11-. The third-order valence-electron chi connectivity index (χ3n) is 2.36. The fourth-order valence-electron chi connectivity index (χ4n) is 1.51. The predicted molar refractivity (Wildman–Crippen MR) is 73.8 cm³/mol. The molecule has 0 spiro atoms. The summed E-state index contributed by atoms with van der Waals surface area (Å²) in [5.74, 6) is 0.574. The van der Waals surface area contributed by atoms with E-state index in [2.05, 4.69) is 0 Å². The summed E-state index contributed by atoms with van der Waals surface area (Å²) in [7, 11) is -0.952. The van der Waals surface area contributed by atoms with Crippen molar-refractivity contribution in [2.24, 2.45) is 0 Å². The molecule has 1 unspecified atom stereocenters. The molecule has 1 nitrogen and oxygen atoms in total. The van der Waals surface area contributed by atoms with E-state index in [1.165, 1.54) is 0 Å². The Morgan fingerprint density at radius 3 is 2.12 bits per heavy atom. The second kappa shape index (κ2) is 6.16.